The highest BCUT2D eigenvalue weighted by atomic mass is 16.5. The van der Waals surface area contributed by atoms with E-state index in [0.717, 1.165) is 70.0 Å². The van der Waals surface area contributed by atoms with Crippen molar-refractivity contribution < 1.29 is 9.53 Å². The van der Waals surface area contributed by atoms with Crippen LogP contribution in [0.4, 0.5) is 5.69 Å². The average Bonchev–Trinajstić information content (AvgIpc) is 2.58. The van der Waals surface area contributed by atoms with Crippen LogP contribution in [0.1, 0.15) is 18.4 Å². The predicted octanol–water partition coefficient (Wildman–Crippen LogP) is 1.38. The quantitative estimate of drug-likeness (QED) is 0.853. The maximum absolute atomic E-state index is 12.4. The third-order valence-corrected chi connectivity index (χ3v) is 4.92. The van der Waals surface area contributed by atoms with Crippen molar-refractivity contribution in [3.63, 3.8) is 0 Å². The standard InChI is InChI=1S/C18H27N3O2/c19-17-3-1-15(2-4-17)13-18(22)21-7-5-16(6-8-21)14-20-9-11-23-12-10-20/h1-4,16H,5-14,19H2. The summed E-state index contributed by atoms with van der Waals surface area (Å²) in [6, 6.07) is 7.60. The molecule has 0 radical (unpaired) electrons. The monoisotopic (exact) mass is 317 g/mol. The van der Waals surface area contributed by atoms with E-state index in [2.05, 4.69) is 4.90 Å². The predicted molar refractivity (Wildman–Crippen MR) is 91.1 cm³/mol. The summed E-state index contributed by atoms with van der Waals surface area (Å²) in [6.45, 7) is 6.76. The third-order valence-electron chi connectivity index (χ3n) is 4.92. The van der Waals surface area contributed by atoms with Crippen molar-refractivity contribution >= 4 is 11.6 Å². The number of amides is 1. The Bertz CT molecular complexity index is 504. The fourth-order valence-electron chi connectivity index (χ4n) is 3.44. The minimum atomic E-state index is 0.236. The number of piperidine rings is 1. The second-order valence-corrected chi connectivity index (χ2v) is 6.66. The fourth-order valence-corrected chi connectivity index (χ4v) is 3.44. The van der Waals surface area contributed by atoms with Gasteiger partial charge in [0.15, 0.2) is 0 Å². The molecule has 2 aliphatic heterocycles. The van der Waals surface area contributed by atoms with Gasteiger partial charge < -0.3 is 15.4 Å². The Labute approximate surface area is 138 Å². The van der Waals surface area contributed by atoms with Gasteiger partial charge >= 0.3 is 0 Å². The van der Waals surface area contributed by atoms with Crippen molar-refractivity contribution in [2.75, 3.05) is 51.7 Å². The molecule has 2 heterocycles. The summed E-state index contributed by atoms with van der Waals surface area (Å²) in [7, 11) is 0. The van der Waals surface area contributed by atoms with Gasteiger partial charge in [0.1, 0.15) is 0 Å². The van der Waals surface area contributed by atoms with Crippen LogP contribution in [0.3, 0.4) is 0 Å². The Hall–Kier alpha value is -1.59. The van der Waals surface area contributed by atoms with E-state index in [1.54, 1.807) is 0 Å². The van der Waals surface area contributed by atoms with E-state index in [4.69, 9.17) is 10.5 Å². The van der Waals surface area contributed by atoms with E-state index in [1.165, 1.54) is 0 Å². The van der Waals surface area contributed by atoms with Crippen LogP contribution < -0.4 is 5.73 Å². The second-order valence-electron chi connectivity index (χ2n) is 6.66. The molecule has 5 heteroatoms. The average molecular weight is 317 g/mol. The summed E-state index contributed by atoms with van der Waals surface area (Å²) in [5.41, 5.74) is 7.47. The zero-order valence-corrected chi connectivity index (χ0v) is 13.7. The highest BCUT2D eigenvalue weighted by molar-refractivity contribution is 5.79. The number of hydrogen-bond donors (Lipinski definition) is 1. The Morgan fingerprint density at radius 3 is 2.39 bits per heavy atom. The first-order valence-corrected chi connectivity index (χ1v) is 8.63. The molecule has 2 N–H and O–H groups in total. The molecule has 2 fully saturated rings. The van der Waals surface area contributed by atoms with Crippen molar-refractivity contribution in [2.45, 2.75) is 19.3 Å². The molecule has 0 atom stereocenters. The lowest BCUT2D eigenvalue weighted by atomic mass is 9.95. The smallest absolute Gasteiger partial charge is 0.226 e. The van der Waals surface area contributed by atoms with Crippen LogP contribution in [0.15, 0.2) is 24.3 Å². The van der Waals surface area contributed by atoms with Gasteiger partial charge in [-0.1, -0.05) is 12.1 Å². The maximum Gasteiger partial charge on any atom is 0.226 e. The first-order chi connectivity index (χ1) is 11.2. The van der Waals surface area contributed by atoms with Gasteiger partial charge in [0.05, 0.1) is 19.6 Å². The third kappa shape index (κ3) is 4.69. The number of nitrogen functional groups attached to an aromatic ring is 1. The molecular weight excluding hydrogens is 290 g/mol. The molecule has 3 rings (SSSR count). The number of benzene rings is 1. The lowest BCUT2D eigenvalue weighted by molar-refractivity contribution is -0.132. The molecule has 1 amide bonds. The van der Waals surface area contributed by atoms with Crippen LogP contribution in [-0.2, 0) is 16.0 Å². The molecule has 0 aromatic heterocycles. The van der Waals surface area contributed by atoms with Crippen LogP contribution in [0.2, 0.25) is 0 Å². The Balaban J connectivity index is 1.42. The molecule has 5 nitrogen and oxygen atoms in total. The zero-order chi connectivity index (χ0) is 16.1. The molecule has 1 aromatic rings. The van der Waals surface area contributed by atoms with Crippen molar-refractivity contribution in [3.8, 4) is 0 Å². The highest BCUT2D eigenvalue weighted by Crippen LogP contribution is 2.20. The molecular formula is C18H27N3O2. The Morgan fingerprint density at radius 2 is 1.74 bits per heavy atom. The second kappa shape index (κ2) is 7.79. The molecule has 0 aliphatic carbocycles. The number of morpholine rings is 1. The summed E-state index contributed by atoms with van der Waals surface area (Å²) >= 11 is 0. The molecule has 0 bridgehead atoms. The number of nitrogens with two attached hydrogens (primary N) is 1. The summed E-state index contributed by atoms with van der Waals surface area (Å²) in [5, 5.41) is 0. The zero-order valence-electron chi connectivity index (χ0n) is 13.7. The minimum Gasteiger partial charge on any atom is -0.399 e. The summed E-state index contributed by atoms with van der Waals surface area (Å²) in [6.07, 6.45) is 2.71. The number of nitrogens with zero attached hydrogens (tertiary/aromatic N) is 2. The van der Waals surface area contributed by atoms with Crippen molar-refractivity contribution in [2.24, 2.45) is 5.92 Å². The molecule has 0 saturated carbocycles. The van der Waals surface area contributed by atoms with E-state index in [-0.39, 0.29) is 5.91 Å². The van der Waals surface area contributed by atoms with E-state index >= 15 is 0 Å². The van der Waals surface area contributed by atoms with Gasteiger partial charge in [-0.05, 0) is 36.5 Å². The van der Waals surface area contributed by atoms with Crippen molar-refractivity contribution in [1.82, 2.24) is 9.80 Å². The number of rotatable bonds is 4. The van der Waals surface area contributed by atoms with Gasteiger partial charge in [-0.3, -0.25) is 9.69 Å². The van der Waals surface area contributed by atoms with Crippen LogP contribution in [0.5, 0.6) is 0 Å². The van der Waals surface area contributed by atoms with Gasteiger partial charge in [0.2, 0.25) is 5.91 Å². The van der Waals surface area contributed by atoms with Gasteiger partial charge in [0.25, 0.3) is 0 Å². The highest BCUT2D eigenvalue weighted by Gasteiger charge is 2.24. The summed E-state index contributed by atoms with van der Waals surface area (Å²) < 4.78 is 5.40. The summed E-state index contributed by atoms with van der Waals surface area (Å²) in [4.78, 5) is 16.9. The Kier molecular flexibility index (Phi) is 5.51. The van der Waals surface area contributed by atoms with Crippen molar-refractivity contribution in [1.29, 1.82) is 0 Å². The molecule has 0 spiro atoms. The van der Waals surface area contributed by atoms with Crippen LogP contribution >= 0.6 is 0 Å². The number of carbonyl (C=O) groups is 1. The molecule has 2 saturated heterocycles. The molecule has 126 valence electrons. The molecule has 23 heavy (non-hydrogen) atoms. The molecule has 2 aliphatic rings. The largest absolute Gasteiger partial charge is 0.399 e. The normalized spacial score (nSPS) is 20.6. The molecule has 1 aromatic carbocycles. The van der Waals surface area contributed by atoms with Gasteiger partial charge in [-0.2, -0.15) is 0 Å². The van der Waals surface area contributed by atoms with Crippen molar-refractivity contribution in [3.05, 3.63) is 29.8 Å². The summed E-state index contributed by atoms with van der Waals surface area (Å²) in [5.74, 6) is 0.952. The number of likely N-dealkylation sites (tertiary alicyclic amines) is 1. The lowest BCUT2D eigenvalue weighted by Crippen LogP contribution is -2.44. The topological polar surface area (TPSA) is 58.8 Å². The fraction of sp³-hybridized carbons (Fsp3) is 0.611. The maximum atomic E-state index is 12.4. The first kappa shape index (κ1) is 16.3. The Morgan fingerprint density at radius 1 is 1.09 bits per heavy atom. The van der Waals surface area contributed by atoms with E-state index in [1.807, 2.05) is 29.2 Å². The number of hydrogen-bond acceptors (Lipinski definition) is 4. The van der Waals surface area contributed by atoms with Gasteiger partial charge in [0, 0.05) is 38.4 Å². The number of anilines is 1. The molecule has 0 unspecified atom stereocenters. The first-order valence-electron chi connectivity index (χ1n) is 8.63. The van der Waals surface area contributed by atoms with Crippen LogP contribution in [-0.4, -0.2) is 61.6 Å². The SMILES string of the molecule is Nc1ccc(CC(=O)N2CCC(CN3CCOCC3)CC2)cc1. The van der Waals surface area contributed by atoms with Gasteiger partial charge in [-0.15, -0.1) is 0 Å². The lowest BCUT2D eigenvalue weighted by Gasteiger charge is -2.36. The minimum absolute atomic E-state index is 0.236. The van der Waals surface area contributed by atoms with E-state index in [9.17, 15) is 4.79 Å². The van der Waals surface area contributed by atoms with Gasteiger partial charge in [-0.25, -0.2) is 0 Å². The number of ether oxygens (including phenoxy) is 1. The number of carbonyl (C=O) groups excluding carboxylic acids is 1. The van der Waals surface area contributed by atoms with E-state index in [0.29, 0.717) is 12.3 Å². The van der Waals surface area contributed by atoms with E-state index < -0.39 is 0 Å². The van der Waals surface area contributed by atoms with Crippen LogP contribution in [0.25, 0.3) is 0 Å². The van der Waals surface area contributed by atoms with Crippen LogP contribution in [0, 0.1) is 5.92 Å².